The zero-order valence-electron chi connectivity index (χ0n) is 14.9. The Kier molecular flexibility index (Phi) is 3.04. The van der Waals surface area contributed by atoms with E-state index < -0.39 is 17.3 Å². The Morgan fingerprint density at radius 1 is 1.24 bits per heavy atom. The van der Waals surface area contributed by atoms with Gasteiger partial charge in [0.15, 0.2) is 11.9 Å². The van der Waals surface area contributed by atoms with E-state index in [-0.39, 0.29) is 29.2 Å². The summed E-state index contributed by atoms with van der Waals surface area (Å²) in [6, 6.07) is 0. The summed E-state index contributed by atoms with van der Waals surface area (Å²) in [6.45, 7) is 3.75. The van der Waals surface area contributed by atoms with Crippen LogP contribution >= 0.6 is 0 Å². The molecular formula is C20H26O5. The molecule has 1 spiro atoms. The second kappa shape index (κ2) is 4.74. The molecular weight excluding hydrogens is 320 g/mol. The molecule has 136 valence electrons. The molecule has 4 aliphatic carbocycles. The van der Waals surface area contributed by atoms with E-state index in [9.17, 15) is 14.7 Å². The number of aliphatic hydroxyl groups is 1. The second-order valence-electron chi connectivity index (χ2n) is 9.08. The normalized spacial score (nSPS) is 55.6. The van der Waals surface area contributed by atoms with Crippen molar-refractivity contribution in [1.82, 2.24) is 0 Å². The maximum atomic E-state index is 12.0. The first-order chi connectivity index (χ1) is 11.8. The van der Waals surface area contributed by atoms with Gasteiger partial charge in [-0.3, -0.25) is 9.59 Å². The molecule has 3 saturated carbocycles. The van der Waals surface area contributed by atoms with E-state index >= 15 is 0 Å². The molecule has 1 heterocycles. The van der Waals surface area contributed by atoms with Crippen LogP contribution in [0.5, 0.6) is 0 Å². The predicted octanol–water partition coefficient (Wildman–Crippen LogP) is 2.16. The Morgan fingerprint density at radius 3 is 2.80 bits per heavy atom. The van der Waals surface area contributed by atoms with Gasteiger partial charge < -0.3 is 14.6 Å². The van der Waals surface area contributed by atoms with Gasteiger partial charge in [0, 0.05) is 12.3 Å². The van der Waals surface area contributed by atoms with E-state index in [0.717, 1.165) is 38.5 Å². The summed E-state index contributed by atoms with van der Waals surface area (Å²) in [5, 5.41) is 11.6. The highest BCUT2D eigenvalue weighted by molar-refractivity contribution is 5.98. The lowest BCUT2D eigenvalue weighted by molar-refractivity contribution is -0.167. The number of epoxide rings is 1. The van der Waals surface area contributed by atoms with Gasteiger partial charge in [0.25, 0.3) is 0 Å². The number of hydrogen-bond acceptors (Lipinski definition) is 5. The van der Waals surface area contributed by atoms with Gasteiger partial charge in [-0.1, -0.05) is 6.92 Å². The lowest BCUT2D eigenvalue weighted by Crippen LogP contribution is -2.62. The third-order valence-corrected chi connectivity index (χ3v) is 8.21. The average Bonchev–Trinajstić information content (AvgIpc) is 3.22. The Hall–Kier alpha value is -1.20. The highest BCUT2D eigenvalue weighted by Gasteiger charge is 2.77. The molecule has 0 amide bonds. The molecule has 1 N–H and O–H groups in total. The molecule has 1 aliphatic heterocycles. The van der Waals surface area contributed by atoms with Crippen LogP contribution in [0.1, 0.15) is 52.4 Å². The third-order valence-electron chi connectivity index (χ3n) is 8.21. The van der Waals surface area contributed by atoms with Crippen molar-refractivity contribution in [2.24, 2.45) is 23.2 Å². The van der Waals surface area contributed by atoms with Gasteiger partial charge in [-0.15, -0.1) is 0 Å². The fraction of sp³-hybridized carbons (Fsp3) is 0.800. The molecule has 0 radical (unpaired) electrons. The van der Waals surface area contributed by atoms with Crippen molar-refractivity contribution in [3.05, 3.63) is 12.2 Å². The molecule has 1 saturated heterocycles. The molecule has 5 aliphatic rings. The second-order valence-corrected chi connectivity index (χ2v) is 9.08. The van der Waals surface area contributed by atoms with E-state index in [1.165, 1.54) is 13.0 Å². The topological polar surface area (TPSA) is 76.1 Å². The summed E-state index contributed by atoms with van der Waals surface area (Å²) < 4.78 is 11.5. The van der Waals surface area contributed by atoms with Gasteiger partial charge in [-0.25, -0.2) is 0 Å². The van der Waals surface area contributed by atoms with Crippen molar-refractivity contribution in [3.63, 3.8) is 0 Å². The Morgan fingerprint density at radius 2 is 2.04 bits per heavy atom. The molecule has 0 unspecified atom stereocenters. The summed E-state index contributed by atoms with van der Waals surface area (Å²) in [6.07, 6.45) is 8.35. The molecule has 5 heteroatoms. The smallest absolute Gasteiger partial charge is 0.302 e. The van der Waals surface area contributed by atoms with Crippen molar-refractivity contribution in [2.45, 2.75) is 75.8 Å². The minimum absolute atomic E-state index is 0.000406. The van der Waals surface area contributed by atoms with Crippen LogP contribution in [-0.2, 0) is 19.1 Å². The lowest BCUT2D eigenvalue weighted by Gasteiger charge is -2.56. The van der Waals surface area contributed by atoms with Crippen LogP contribution in [0, 0.1) is 23.2 Å². The quantitative estimate of drug-likeness (QED) is 0.582. The number of ether oxygens (including phenoxy) is 2. The highest BCUT2D eigenvalue weighted by Crippen LogP contribution is 2.67. The SMILES string of the molecule is CC(=O)O[C@H]1CC[C@H]2[C@H]3CC[C@]45O[C@H]4C(=O)C=C[C@]5(O)[C@@H]3CC[C@]12C. The summed E-state index contributed by atoms with van der Waals surface area (Å²) >= 11 is 0. The summed E-state index contributed by atoms with van der Waals surface area (Å²) in [5.41, 5.74) is -1.68. The molecule has 0 aromatic carbocycles. The van der Waals surface area contributed by atoms with Crippen LogP contribution in [0.25, 0.3) is 0 Å². The monoisotopic (exact) mass is 346 g/mol. The molecule has 0 aromatic rings. The van der Waals surface area contributed by atoms with Crippen molar-refractivity contribution in [2.75, 3.05) is 0 Å². The van der Waals surface area contributed by atoms with Crippen molar-refractivity contribution < 1.29 is 24.2 Å². The van der Waals surface area contributed by atoms with Gasteiger partial charge in [0.1, 0.15) is 17.3 Å². The standard InChI is InChI=1S/C20H26O5/c1-11(21)24-16-4-3-13-12-5-10-20-17(25-20)15(22)7-9-19(20,23)14(12)6-8-18(13,16)2/h7,9,12-14,16-17,23H,3-6,8,10H2,1-2H3/t12-,13+,14-,16+,17+,18+,19+,20+/m1/s1. The predicted molar refractivity (Wildman–Crippen MR) is 88.5 cm³/mol. The molecule has 0 aromatic heterocycles. The molecule has 5 rings (SSSR count). The summed E-state index contributed by atoms with van der Waals surface area (Å²) in [4.78, 5) is 23.5. The first-order valence-electron chi connectivity index (χ1n) is 9.62. The number of fused-ring (bicyclic) bond motifs is 4. The van der Waals surface area contributed by atoms with Crippen LogP contribution in [0.3, 0.4) is 0 Å². The molecule has 0 bridgehead atoms. The number of ketones is 1. The number of carbonyl (C=O) groups excluding carboxylic acids is 2. The Labute approximate surface area is 147 Å². The van der Waals surface area contributed by atoms with Crippen molar-refractivity contribution in [1.29, 1.82) is 0 Å². The van der Waals surface area contributed by atoms with Crippen LogP contribution in [0.2, 0.25) is 0 Å². The molecule has 5 nitrogen and oxygen atoms in total. The van der Waals surface area contributed by atoms with Crippen LogP contribution in [0.4, 0.5) is 0 Å². The lowest BCUT2D eigenvalue weighted by atomic mass is 9.49. The van der Waals surface area contributed by atoms with E-state index in [1.807, 2.05) is 0 Å². The van der Waals surface area contributed by atoms with Gasteiger partial charge >= 0.3 is 5.97 Å². The van der Waals surface area contributed by atoms with Crippen LogP contribution < -0.4 is 0 Å². The summed E-state index contributed by atoms with van der Waals surface area (Å²) in [7, 11) is 0. The maximum Gasteiger partial charge on any atom is 0.302 e. The Balaban J connectivity index is 1.47. The fourth-order valence-corrected chi connectivity index (χ4v) is 7.00. The molecule has 25 heavy (non-hydrogen) atoms. The number of carbonyl (C=O) groups is 2. The third kappa shape index (κ3) is 1.81. The minimum atomic E-state index is -1.02. The highest BCUT2D eigenvalue weighted by atomic mass is 16.6. The van der Waals surface area contributed by atoms with Gasteiger partial charge in [-0.2, -0.15) is 0 Å². The molecule has 8 atom stereocenters. The van der Waals surface area contributed by atoms with Gasteiger partial charge in [0.2, 0.25) is 0 Å². The zero-order valence-corrected chi connectivity index (χ0v) is 14.9. The van der Waals surface area contributed by atoms with Crippen molar-refractivity contribution in [3.8, 4) is 0 Å². The van der Waals surface area contributed by atoms with Crippen LogP contribution in [0.15, 0.2) is 12.2 Å². The molecule has 4 fully saturated rings. The first-order valence-corrected chi connectivity index (χ1v) is 9.62. The van der Waals surface area contributed by atoms with E-state index in [0.29, 0.717) is 11.8 Å². The summed E-state index contributed by atoms with van der Waals surface area (Å²) in [5.74, 6) is 0.792. The van der Waals surface area contributed by atoms with Gasteiger partial charge in [0.05, 0.1) is 0 Å². The van der Waals surface area contributed by atoms with E-state index in [1.54, 1.807) is 6.08 Å². The number of esters is 1. The van der Waals surface area contributed by atoms with Crippen LogP contribution in [-0.4, -0.2) is 40.3 Å². The average molecular weight is 346 g/mol. The fourth-order valence-electron chi connectivity index (χ4n) is 7.00. The zero-order chi connectivity index (χ0) is 17.6. The van der Waals surface area contributed by atoms with Gasteiger partial charge in [-0.05, 0) is 68.4 Å². The van der Waals surface area contributed by atoms with E-state index in [4.69, 9.17) is 9.47 Å². The first kappa shape index (κ1) is 16.0. The number of rotatable bonds is 1. The number of hydrogen-bond donors (Lipinski definition) is 1. The largest absolute Gasteiger partial charge is 0.462 e. The maximum absolute atomic E-state index is 12.0. The van der Waals surface area contributed by atoms with E-state index in [2.05, 4.69) is 6.92 Å². The minimum Gasteiger partial charge on any atom is -0.462 e. The Bertz CT molecular complexity index is 686. The van der Waals surface area contributed by atoms with Crippen molar-refractivity contribution >= 4 is 11.8 Å².